The van der Waals surface area contributed by atoms with Crippen molar-refractivity contribution in [3.05, 3.63) is 46.5 Å². The van der Waals surface area contributed by atoms with E-state index in [-0.39, 0.29) is 12.2 Å². The Hall–Kier alpha value is -2.07. The highest BCUT2D eigenvalue weighted by Gasteiger charge is 2.08. The molecule has 3 rings (SSSR count). The summed E-state index contributed by atoms with van der Waals surface area (Å²) in [5.41, 5.74) is 6.81. The number of fused-ring (bicyclic) bond motifs is 3. The molecule has 0 aliphatic carbocycles. The normalized spacial score (nSPS) is 11.3. The van der Waals surface area contributed by atoms with Gasteiger partial charge in [0.2, 0.25) is 0 Å². The standard InChI is InChI=1S/C12H9NO3/c13-6-8-5-7-1-2-10-9(3-4-15-10)11(7)16-12(8)14/h1-5H,6,13H2. The average Bonchev–Trinajstić information content (AvgIpc) is 2.76. The molecule has 0 bridgehead atoms. The minimum atomic E-state index is -0.385. The largest absolute Gasteiger partial charge is 0.464 e. The molecule has 0 radical (unpaired) electrons. The number of benzene rings is 1. The number of furan rings is 1. The molecular weight excluding hydrogens is 206 g/mol. The molecule has 0 aliphatic heterocycles. The zero-order chi connectivity index (χ0) is 11.1. The van der Waals surface area contributed by atoms with Crippen LogP contribution in [0.25, 0.3) is 21.9 Å². The first-order chi connectivity index (χ1) is 7.79. The van der Waals surface area contributed by atoms with Gasteiger partial charge in [0.15, 0.2) is 0 Å². The van der Waals surface area contributed by atoms with Crippen LogP contribution in [-0.4, -0.2) is 0 Å². The lowest BCUT2D eigenvalue weighted by Crippen LogP contribution is -2.11. The lowest BCUT2D eigenvalue weighted by Gasteiger charge is -2.00. The van der Waals surface area contributed by atoms with Crippen LogP contribution in [0.2, 0.25) is 0 Å². The molecule has 3 aromatic rings. The molecule has 0 saturated carbocycles. The summed E-state index contributed by atoms with van der Waals surface area (Å²) in [6.07, 6.45) is 1.57. The predicted octanol–water partition coefficient (Wildman–Crippen LogP) is 2.00. The second-order valence-corrected chi connectivity index (χ2v) is 3.58. The van der Waals surface area contributed by atoms with Gasteiger partial charge >= 0.3 is 5.63 Å². The zero-order valence-electron chi connectivity index (χ0n) is 8.40. The highest BCUT2D eigenvalue weighted by Crippen LogP contribution is 2.25. The van der Waals surface area contributed by atoms with Crippen molar-refractivity contribution in [2.45, 2.75) is 6.54 Å². The lowest BCUT2D eigenvalue weighted by molar-refractivity contribution is 0.553. The van der Waals surface area contributed by atoms with Crippen LogP contribution in [-0.2, 0) is 6.54 Å². The molecule has 4 heteroatoms. The first-order valence-electron chi connectivity index (χ1n) is 4.92. The Labute approximate surface area is 90.3 Å². The molecule has 16 heavy (non-hydrogen) atoms. The topological polar surface area (TPSA) is 69.4 Å². The minimum Gasteiger partial charge on any atom is -0.464 e. The smallest absolute Gasteiger partial charge is 0.340 e. The molecule has 0 saturated heterocycles. The van der Waals surface area contributed by atoms with Crippen molar-refractivity contribution < 1.29 is 8.83 Å². The van der Waals surface area contributed by atoms with Gasteiger partial charge in [0, 0.05) is 11.9 Å². The van der Waals surface area contributed by atoms with E-state index in [1.165, 1.54) is 0 Å². The molecule has 0 unspecified atom stereocenters. The van der Waals surface area contributed by atoms with Crippen LogP contribution < -0.4 is 11.4 Å². The zero-order valence-corrected chi connectivity index (χ0v) is 8.40. The van der Waals surface area contributed by atoms with Gasteiger partial charge in [-0.1, -0.05) is 0 Å². The van der Waals surface area contributed by atoms with Gasteiger partial charge in [-0.3, -0.25) is 0 Å². The van der Waals surface area contributed by atoms with E-state index in [0.29, 0.717) is 16.7 Å². The Morgan fingerprint density at radius 1 is 1.25 bits per heavy atom. The Kier molecular flexibility index (Phi) is 1.84. The van der Waals surface area contributed by atoms with E-state index in [4.69, 9.17) is 14.6 Å². The third-order valence-electron chi connectivity index (χ3n) is 2.62. The van der Waals surface area contributed by atoms with Crippen molar-refractivity contribution in [2.75, 3.05) is 0 Å². The van der Waals surface area contributed by atoms with Crippen LogP contribution >= 0.6 is 0 Å². The first-order valence-corrected chi connectivity index (χ1v) is 4.92. The predicted molar refractivity (Wildman–Crippen MR) is 60.1 cm³/mol. The highest BCUT2D eigenvalue weighted by molar-refractivity contribution is 6.01. The summed E-state index contributed by atoms with van der Waals surface area (Å²) in [7, 11) is 0. The Morgan fingerprint density at radius 3 is 2.94 bits per heavy atom. The fourth-order valence-corrected chi connectivity index (χ4v) is 1.81. The summed E-state index contributed by atoms with van der Waals surface area (Å²) in [6, 6.07) is 7.23. The molecule has 4 nitrogen and oxygen atoms in total. The summed E-state index contributed by atoms with van der Waals surface area (Å²) in [6.45, 7) is 0.182. The first kappa shape index (κ1) is 9.18. The molecular formula is C12H9NO3. The number of hydrogen-bond acceptors (Lipinski definition) is 4. The minimum absolute atomic E-state index is 0.182. The van der Waals surface area contributed by atoms with Crippen LogP contribution in [0.15, 0.2) is 44.2 Å². The summed E-state index contributed by atoms with van der Waals surface area (Å²) in [5, 5.41) is 1.66. The Morgan fingerprint density at radius 2 is 2.12 bits per heavy atom. The number of hydrogen-bond donors (Lipinski definition) is 1. The maximum absolute atomic E-state index is 11.6. The van der Waals surface area contributed by atoms with Crippen molar-refractivity contribution >= 4 is 21.9 Å². The molecule has 0 spiro atoms. The van der Waals surface area contributed by atoms with Crippen LogP contribution in [0.5, 0.6) is 0 Å². The molecule has 0 aliphatic rings. The summed E-state index contributed by atoms with van der Waals surface area (Å²) in [4.78, 5) is 11.6. The quantitative estimate of drug-likeness (QED) is 0.630. The summed E-state index contributed by atoms with van der Waals surface area (Å²) >= 11 is 0. The van der Waals surface area contributed by atoms with Crippen molar-refractivity contribution in [2.24, 2.45) is 5.73 Å². The second kappa shape index (κ2) is 3.21. The molecule has 0 atom stereocenters. The summed E-state index contributed by atoms with van der Waals surface area (Å²) < 4.78 is 10.5. The van der Waals surface area contributed by atoms with Crippen LogP contribution in [0, 0.1) is 0 Å². The Bertz CT molecular complexity index is 724. The van der Waals surface area contributed by atoms with Gasteiger partial charge in [-0.2, -0.15) is 0 Å². The second-order valence-electron chi connectivity index (χ2n) is 3.58. The monoisotopic (exact) mass is 215 g/mol. The third kappa shape index (κ3) is 1.17. The van der Waals surface area contributed by atoms with Gasteiger partial charge in [-0.25, -0.2) is 4.79 Å². The molecule has 0 amide bonds. The van der Waals surface area contributed by atoms with Crippen molar-refractivity contribution in [3.63, 3.8) is 0 Å². The number of rotatable bonds is 1. The maximum atomic E-state index is 11.6. The van der Waals surface area contributed by atoms with Gasteiger partial charge in [0.25, 0.3) is 0 Å². The molecule has 2 aromatic heterocycles. The van der Waals surface area contributed by atoms with Gasteiger partial charge in [-0.05, 0) is 24.3 Å². The lowest BCUT2D eigenvalue weighted by atomic mass is 10.1. The van der Waals surface area contributed by atoms with E-state index in [2.05, 4.69) is 0 Å². The number of nitrogens with two attached hydrogens (primary N) is 1. The van der Waals surface area contributed by atoms with E-state index in [1.807, 2.05) is 12.1 Å². The van der Waals surface area contributed by atoms with E-state index in [9.17, 15) is 4.79 Å². The van der Waals surface area contributed by atoms with Crippen LogP contribution in [0.3, 0.4) is 0 Å². The van der Waals surface area contributed by atoms with E-state index in [0.717, 1.165) is 10.8 Å². The van der Waals surface area contributed by atoms with Crippen molar-refractivity contribution in [3.8, 4) is 0 Å². The molecule has 80 valence electrons. The van der Waals surface area contributed by atoms with Gasteiger partial charge < -0.3 is 14.6 Å². The SMILES string of the molecule is NCc1cc2ccc3occc3c2oc1=O. The van der Waals surface area contributed by atoms with Crippen molar-refractivity contribution in [1.82, 2.24) is 0 Å². The van der Waals surface area contributed by atoms with Gasteiger partial charge in [0.05, 0.1) is 17.2 Å². The molecule has 0 fully saturated rings. The fraction of sp³-hybridized carbons (Fsp3) is 0.0833. The summed E-state index contributed by atoms with van der Waals surface area (Å²) in [5.74, 6) is 0. The van der Waals surface area contributed by atoms with E-state index < -0.39 is 0 Å². The van der Waals surface area contributed by atoms with E-state index in [1.54, 1.807) is 18.4 Å². The highest BCUT2D eigenvalue weighted by atomic mass is 16.4. The molecule has 1 aromatic carbocycles. The molecule has 2 N–H and O–H groups in total. The van der Waals surface area contributed by atoms with Gasteiger partial charge in [0.1, 0.15) is 11.2 Å². The van der Waals surface area contributed by atoms with Gasteiger partial charge in [-0.15, -0.1) is 0 Å². The van der Waals surface area contributed by atoms with Crippen molar-refractivity contribution in [1.29, 1.82) is 0 Å². The average molecular weight is 215 g/mol. The third-order valence-corrected chi connectivity index (χ3v) is 2.62. The fourth-order valence-electron chi connectivity index (χ4n) is 1.81. The van der Waals surface area contributed by atoms with E-state index >= 15 is 0 Å². The molecule has 2 heterocycles. The maximum Gasteiger partial charge on any atom is 0.340 e. The Balaban J connectivity index is 2.52. The van der Waals surface area contributed by atoms with Crippen LogP contribution in [0.1, 0.15) is 5.56 Å². The van der Waals surface area contributed by atoms with Crippen LogP contribution in [0.4, 0.5) is 0 Å².